The Hall–Kier alpha value is -4.20. The van der Waals surface area contributed by atoms with Crippen LogP contribution in [0.1, 0.15) is 73.1 Å². The highest BCUT2D eigenvalue weighted by Crippen LogP contribution is 2.57. The van der Waals surface area contributed by atoms with Crippen LogP contribution in [0.15, 0.2) is 43.1 Å². The molecule has 278 valence electrons. The highest BCUT2D eigenvalue weighted by Gasteiger charge is 2.61. The molecule has 13 nitrogen and oxygen atoms in total. The number of carbonyl (C=O) groups excluding carboxylic acids is 4. The van der Waals surface area contributed by atoms with Crippen molar-refractivity contribution in [2.75, 3.05) is 20.7 Å². The van der Waals surface area contributed by atoms with Gasteiger partial charge >= 0.3 is 6.09 Å². The summed E-state index contributed by atoms with van der Waals surface area (Å²) in [7, 11) is -0.771. The molecule has 0 radical (unpaired) electrons. The molecular weight excluding hydrogens is 676 g/mol. The monoisotopic (exact) mass is 726 g/mol. The molecule has 0 unspecified atom stereocenters. The number of allylic oxidation sites excluding steroid dienone is 1. The molecule has 5 atom stereocenters. The molecule has 0 bridgehead atoms. The van der Waals surface area contributed by atoms with E-state index in [1.54, 1.807) is 46.2 Å². The van der Waals surface area contributed by atoms with Crippen molar-refractivity contribution in [3.05, 3.63) is 43.1 Å². The molecule has 1 saturated heterocycles. The number of benzene rings is 1. The zero-order valence-electron chi connectivity index (χ0n) is 30.5. The average molecular weight is 727 g/mol. The van der Waals surface area contributed by atoms with Crippen molar-refractivity contribution in [3.8, 4) is 11.6 Å². The minimum Gasteiger partial charge on any atom is -0.497 e. The van der Waals surface area contributed by atoms with Crippen molar-refractivity contribution < 1.29 is 41.8 Å². The highest BCUT2D eigenvalue weighted by atomic mass is 32.2. The topological polar surface area (TPSA) is 162 Å². The number of amides is 3. The fraction of sp³-hybridized carbons (Fsp3) is 0.595. The number of sulfonamides is 1. The molecule has 2 heterocycles. The van der Waals surface area contributed by atoms with Crippen LogP contribution in [0.25, 0.3) is 10.8 Å². The first-order valence-electron chi connectivity index (χ1n) is 17.5. The van der Waals surface area contributed by atoms with E-state index >= 15 is 0 Å². The van der Waals surface area contributed by atoms with Gasteiger partial charge in [0.05, 0.1) is 30.4 Å². The summed E-state index contributed by atoms with van der Waals surface area (Å²) in [6.07, 6.45) is 3.16. The van der Waals surface area contributed by atoms with Gasteiger partial charge in [0, 0.05) is 31.5 Å². The van der Waals surface area contributed by atoms with E-state index < -0.39 is 74.1 Å². The summed E-state index contributed by atoms with van der Waals surface area (Å²) in [5, 5.41) is 0.930. The molecule has 1 aromatic carbocycles. The lowest BCUT2D eigenvalue weighted by atomic mass is 9.91. The number of nitrogens with zero attached hydrogens (tertiary/aromatic N) is 3. The lowest BCUT2D eigenvalue weighted by Gasteiger charge is -2.35. The number of likely N-dealkylation sites (tertiary alicyclic amines) is 1. The Morgan fingerprint density at radius 1 is 1.18 bits per heavy atom. The van der Waals surface area contributed by atoms with Gasteiger partial charge in [-0.3, -0.25) is 24.0 Å². The molecular formula is C37H50N4O9S. The third kappa shape index (κ3) is 8.48. The largest absolute Gasteiger partial charge is 0.497 e. The van der Waals surface area contributed by atoms with Crippen molar-refractivity contribution in [2.24, 2.45) is 17.3 Å². The lowest BCUT2D eigenvalue weighted by molar-refractivity contribution is -0.143. The molecule has 3 fully saturated rings. The standard InChI is InChI=1S/C37H50N4O9S/c1-9-24-19-37(24,34(44)39-51(46,47)27-11-12-27)20-31(42)29-18-26(49-32-28-13-10-25(48-8)17-23(28)14-15-38-32)21-41(29)33(43)30(16-22(2)3)40(7)35(45)50-36(4,5)6/h9-10,13-15,17,22,24,26-27,29-30H,1,11-12,16,18-21H2,2-8H3,(H,39,44)/t24-,26-,29+,30+,37-/m1/s1. The first-order chi connectivity index (χ1) is 23.9. The number of Topliss-reactive ketones (excluding diaryl/α,β-unsaturated/α-hetero) is 1. The van der Waals surface area contributed by atoms with Crippen LogP contribution in [0.2, 0.25) is 0 Å². The van der Waals surface area contributed by atoms with Crippen LogP contribution < -0.4 is 14.2 Å². The van der Waals surface area contributed by atoms with E-state index in [9.17, 15) is 27.6 Å². The van der Waals surface area contributed by atoms with E-state index in [-0.39, 0.29) is 31.7 Å². The summed E-state index contributed by atoms with van der Waals surface area (Å²) >= 11 is 0. The minimum atomic E-state index is -3.85. The number of methoxy groups -OCH3 is 1. The normalized spacial score (nSPS) is 23.8. The third-order valence-electron chi connectivity index (χ3n) is 9.82. The Labute approximate surface area is 300 Å². The predicted octanol–water partition coefficient (Wildman–Crippen LogP) is 4.63. The van der Waals surface area contributed by atoms with Gasteiger partial charge in [-0.2, -0.15) is 0 Å². The predicted molar refractivity (Wildman–Crippen MR) is 191 cm³/mol. The van der Waals surface area contributed by atoms with Gasteiger partial charge in [-0.05, 0) is 87.9 Å². The first-order valence-corrected chi connectivity index (χ1v) is 19.0. The van der Waals surface area contributed by atoms with Crippen LogP contribution in [0.5, 0.6) is 11.6 Å². The number of aromatic nitrogens is 1. The Morgan fingerprint density at radius 2 is 1.88 bits per heavy atom. The van der Waals surface area contributed by atoms with Crippen molar-refractivity contribution in [1.82, 2.24) is 19.5 Å². The number of hydrogen-bond acceptors (Lipinski definition) is 10. The molecule has 2 saturated carbocycles. The van der Waals surface area contributed by atoms with Gasteiger partial charge in [-0.1, -0.05) is 19.9 Å². The van der Waals surface area contributed by atoms with Crippen LogP contribution in [0.3, 0.4) is 0 Å². The van der Waals surface area contributed by atoms with Crippen LogP contribution in [0, 0.1) is 17.3 Å². The third-order valence-corrected chi connectivity index (χ3v) is 11.6. The summed E-state index contributed by atoms with van der Waals surface area (Å²) in [6, 6.07) is 5.31. The summed E-state index contributed by atoms with van der Waals surface area (Å²) in [5.41, 5.74) is -2.10. The van der Waals surface area contributed by atoms with E-state index in [4.69, 9.17) is 14.2 Å². The molecule has 3 aliphatic rings. The summed E-state index contributed by atoms with van der Waals surface area (Å²) in [5.74, 6) is -1.01. The van der Waals surface area contributed by atoms with E-state index in [2.05, 4.69) is 16.3 Å². The van der Waals surface area contributed by atoms with Gasteiger partial charge in [-0.25, -0.2) is 18.2 Å². The van der Waals surface area contributed by atoms with E-state index in [1.165, 1.54) is 16.8 Å². The summed E-state index contributed by atoms with van der Waals surface area (Å²) < 4.78 is 45.0. The smallest absolute Gasteiger partial charge is 0.410 e. The van der Waals surface area contributed by atoms with Gasteiger partial charge in [0.2, 0.25) is 27.7 Å². The number of pyridine rings is 1. The SMILES string of the molecule is C=C[C@@H]1C[C@]1(CC(=O)[C@@H]1C[C@@H](Oc2nccc3cc(OC)ccc23)CN1C(=O)[C@H](CC(C)C)N(C)C(=O)OC(C)(C)C)C(=O)NS(=O)(=O)C1CC1. The number of likely N-dealkylation sites (N-methyl/N-ethyl adjacent to an activating group) is 1. The minimum absolute atomic E-state index is 0.00436. The van der Waals surface area contributed by atoms with E-state index in [0.717, 1.165) is 5.39 Å². The second-order valence-corrected chi connectivity index (χ2v) is 17.4. The second-order valence-electron chi connectivity index (χ2n) is 15.4. The van der Waals surface area contributed by atoms with E-state index in [0.29, 0.717) is 36.3 Å². The van der Waals surface area contributed by atoms with Crippen LogP contribution in [-0.2, 0) is 29.1 Å². The van der Waals surface area contributed by atoms with Crippen molar-refractivity contribution in [2.45, 2.75) is 102 Å². The number of ether oxygens (including phenoxy) is 3. The number of fused-ring (bicyclic) bond motifs is 1. The molecule has 3 amide bonds. The molecule has 0 spiro atoms. The van der Waals surface area contributed by atoms with Gasteiger partial charge in [0.25, 0.3) is 0 Å². The van der Waals surface area contributed by atoms with Crippen molar-refractivity contribution in [3.63, 3.8) is 0 Å². The molecule has 1 N–H and O–H groups in total. The fourth-order valence-electron chi connectivity index (χ4n) is 6.77. The van der Waals surface area contributed by atoms with Gasteiger partial charge in [-0.15, -0.1) is 6.58 Å². The van der Waals surface area contributed by atoms with Crippen LogP contribution >= 0.6 is 0 Å². The van der Waals surface area contributed by atoms with Gasteiger partial charge in [0.15, 0.2) is 5.78 Å². The summed E-state index contributed by atoms with van der Waals surface area (Å²) in [6.45, 7) is 12.9. The Balaban J connectivity index is 1.45. The second kappa shape index (κ2) is 14.4. The maximum Gasteiger partial charge on any atom is 0.410 e. The fourth-order valence-corrected chi connectivity index (χ4v) is 8.16. The Bertz CT molecular complexity index is 1800. The zero-order valence-corrected chi connectivity index (χ0v) is 31.3. The average Bonchev–Trinajstić information content (AvgIpc) is 3.98. The lowest BCUT2D eigenvalue weighted by Crippen LogP contribution is -2.54. The quantitative estimate of drug-likeness (QED) is 0.272. The number of nitrogens with one attached hydrogen (secondary N) is 1. The maximum atomic E-state index is 14.6. The number of rotatable bonds is 14. The van der Waals surface area contributed by atoms with Gasteiger partial charge in [0.1, 0.15) is 23.5 Å². The van der Waals surface area contributed by atoms with Crippen LogP contribution in [-0.4, -0.2) is 96.6 Å². The highest BCUT2D eigenvalue weighted by molar-refractivity contribution is 7.90. The molecule has 51 heavy (non-hydrogen) atoms. The maximum absolute atomic E-state index is 14.6. The molecule has 5 rings (SSSR count). The Morgan fingerprint density at radius 3 is 2.47 bits per heavy atom. The zero-order chi connectivity index (χ0) is 37.5. The van der Waals surface area contributed by atoms with Crippen molar-refractivity contribution in [1.29, 1.82) is 0 Å². The molecule has 1 aromatic heterocycles. The Kier molecular flexibility index (Phi) is 10.8. The molecule has 2 aromatic rings. The number of ketones is 1. The van der Waals surface area contributed by atoms with Crippen LogP contribution in [0.4, 0.5) is 4.79 Å². The summed E-state index contributed by atoms with van der Waals surface area (Å²) in [4.78, 5) is 62.8. The first kappa shape index (κ1) is 38.0. The molecule has 14 heteroatoms. The molecule has 1 aliphatic heterocycles. The number of carbonyl (C=O) groups is 4. The number of hydrogen-bond donors (Lipinski definition) is 1. The molecule has 2 aliphatic carbocycles. The van der Waals surface area contributed by atoms with E-state index in [1.807, 2.05) is 32.0 Å². The van der Waals surface area contributed by atoms with Gasteiger partial charge < -0.3 is 19.1 Å². The van der Waals surface area contributed by atoms with Crippen molar-refractivity contribution >= 4 is 44.5 Å².